The van der Waals surface area contributed by atoms with Crippen LogP contribution in [0.1, 0.15) is 30.7 Å². The Kier molecular flexibility index (Phi) is 3.37. The molecule has 3 rings (SSSR count). The first kappa shape index (κ1) is 12.1. The molecule has 0 aliphatic carbocycles. The Morgan fingerprint density at radius 2 is 2.06 bits per heavy atom. The second kappa shape index (κ2) is 4.99. The molecule has 2 fully saturated rings. The van der Waals surface area contributed by atoms with Crippen molar-refractivity contribution < 1.29 is 9.26 Å². The van der Waals surface area contributed by atoms with Crippen molar-refractivity contribution in [1.29, 1.82) is 0 Å². The van der Waals surface area contributed by atoms with Gasteiger partial charge in [0, 0.05) is 12.5 Å². The maximum Gasteiger partial charge on any atom is 0.150 e. The third-order valence-corrected chi connectivity index (χ3v) is 3.75. The largest absolute Gasteiger partial charge is 0.377 e. The Morgan fingerprint density at radius 3 is 2.72 bits per heavy atom. The topological polar surface area (TPSA) is 64.5 Å². The molecule has 100 valence electrons. The molecule has 0 unspecified atom stereocenters. The van der Waals surface area contributed by atoms with E-state index in [1.807, 2.05) is 6.07 Å². The summed E-state index contributed by atoms with van der Waals surface area (Å²) in [5, 5.41) is 4.11. The van der Waals surface area contributed by atoms with Crippen LogP contribution in [0.5, 0.6) is 0 Å². The lowest BCUT2D eigenvalue weighted by Gasteiger charge is -2.37. The molecule has 5 heteroatoms. The lowest BCUT2D eigenvalue weighted by Crippen LogP contribution is -2.58. The molecule has 2 N–H and O–H groups in total. The van der Waals surface area contributed by atoms with Crippen LogP contribution in [-0.2, 0) is 17.7 Å². The third kappa shape index (κ3) is 2.74. The first-order valence-corrected chi connectivity index (χ1v) is 6.77. The number of hydrogen-bond donors (Lipinski definition) is 1. The monoisotopic (exact) mass is 251 g/mol. The lowest BCUT2D eigenvalue weighted by atomic mass is 9.93. The van der Waals surface area contributed by atoms with Gasteiger partial charge in [-0.15, -0.1) is 0 Å². The number of nitrogens with two attached hydrogens (primary N) is 1. The number of ether oxygens (including phenoxy) is 1. The van der Waals surface area contributed by atoms with Crippen molar-refractivity contribution in [2.75, 3.05) is 26.3 Å². The van der Waals surface area contributed by atoms with E-state index in [-0.39, 0.29) is 5.54 Å². The van der Waals surface area contributed by atoms with E-state index in [9.17, 15) is 0 Å². The second-order valence-electron chi connectivity index (χ2n) is 5.65. The van der Waals surface area contributed by atoms with Crippen molar-refractivity contribution >= 4 is 0 Å². The molecule has 0 saturated carbocycles. The van der Waals surface area contributed by atoms with Gasteiger partial charge in [0.15, 0.2) is 5.76 Å². The van der Waals surface area contributed by atoms with Crippen LogP contribution in [0.25, 0.3) is 0 Å². The highest BCUT2D eigenvalue weighted by Gasteiger charge is 2.35. The highest BCUT2D eigenvalue weighted by molar-refractivity contribution is 5.11. The number of aromatic nitrogens is 1. The van der Waals surface area contributed by atoms with Gasteiger partial charge in [-0.1, -0.05) is 11.6 Å². The van der Waals surface area contributed by atoms with E-state index in [4.69, 9.17) is 15.0 Å². The van der Waals surface area contributed by atoms with Gasteiger partial charge in [0.05, 0.1) is 31.0 Å². The Hall–Kier alpha value is -0.910. The van der Waals surface area contributed by atoms with E-state index >= 15 is 0 Å². The Balaban J connectivity index is 1.55. The summed E-state index contributed by atoms with van der Waals surface area (Å²) in [7, 11) is 0. The normalized spacial score (nSPS) is 23.8. The van der Waals surface area contributed by atoms with Gasteiger partial charge in [-0.25, -0.2) is 0 Å². The molecule has 1 aromatic heterocycles. The number of rotatable bonds is 4. The fourth-order valence-electron chi connectivity index (χ4n) is 2.68. The van der Waals surface area contributed by atoms with Gasteiger partial charge >= 0.3 is 0 Å². The van der Waals surface area contributed by atoms with Crippen LogP contribution in [0.4, 0.5) is 0 Å². The summed E-state index contributed by atoms with van der Waals surface area (Å²) in [5.74, 6) is 0.954. The van der Waals surface area contributed by atoms with E-state index < -0.39 is 0 Å². The minimum Gasteiger partial charge on any atom is -0.377 e. The lowest BCUT2D eigenvalue weighted by molar-refractivity contribution is -0.0535. The Morgan fingerprint density at radius 1 is 1.28 bits per heavy atom. The van der Waals surface area contributed by atoms with Crippen LogP contribution in [0.2, 0.25) is 0 Å². The molecule has 1 aromatic rings. The summed E-state index contributed by atoms with van der Waals surface area (Å²) in [6, 6.07) is 2.04. The highest BCUT2D eigenvalue weighted by Crippen LogP contribution is 2.20. The third-order valence-electron chi connectivity index (χ3n) is 3.75. The van der Waals surface area contributed by atoms with E-state index in [0.29, 0.717) is 13.2 Å². The molecule has 0 amide bonds. The minimum absolute atomic E-state index is 0.223. The molecule has 3 heterocycles. The maximum atomic E-state index is 6.11. The first-order valence-electron chi connectivity index (χ1n) is 6.77. The molecule has 5 nitrogen and oxygen atoms in total. The van der Waals surface area contributed by atoms with Crippen molar-refractivity contribution in [2.45, 2.75) is 37.8 Å². The van der Waals surface area contributed by atoms with Gasteiger partial charge in [0.2, 0.25) is 0 Å². The van der Waals surface area contributed by atoms with Crippen molar-refractivity contribution in [1.82, 2.24) is 10.1 Å². The van der Waals surface area contributed by atoms with Crippen LogP contribution in [0.3, 0.4) is 0 Å². The number of nitrogens with zero attached hydrogens (tertiary/aromatic N) is 2. The van der Waals surface area contributed by atoms with Crippen LogP contribution in [-0.4, -0.2) is 41.9 Å². The maximum absolute atomic E-state index is 6.11. The van der Waals surface area contributed by atoms with Crippen LogP contribution in [0.15, 0.2) is 10.6 Å². The molecule has 0 spiro atoms. The summed E-state index contributed by atoms with van der Waals surface area (Å²) < 4.78 is 10.5. The van der Waals surface area contributed by atoms with Gasteiger partial charge in [0.25, 0.3) is 0 Å². The zero-order valence-electron chi connectivity index (χ0n) is 10.7. The number of likely N-dealkylation sites (tertiary alicyclic amines) is 1. The molecular weight excluding hydrogens is 230 g/mol. The molecule has 0 aromatic carbocycles. The van der Waals surface area contributed by atoms with Crippen molar-refractivity contribution in [3.05, 3.63) is 17.5 Å². The SMILES string of the molecule is NC1(Cc2cc(CN3CCCCC3)on2)COC1. The first-order chi connectivity index (χ1) is 8.73. The molecule has 18 heavy (non-hydrogen) atoms. The average Bonchev–Trinajstić information content (AvgIpc) is 2.76. The zero-order chi connectivity index (χ0) is 12.4. The summed E-state index contributed by atoms with van der Waals surface area (Å²) in [6.07, 6.45) is 4.69. The predicted molar refractivity (Wildman–Crippen MR) is 67.1 cm³/mol. The summed E-state index contributed by atoms with van der Waals surface area (Å²) in [6.45, 7) is 4.47. The molecule has 0 bridgehead atoms. The van der Waals surface area contributed by atoms with E-state index in [2.05, 4.69) is 10.1 Å². The van der Waals surface area contributed by atoms with E-state index in [1.165, 1.54) is 32.4 Å². The summed E-state index contributed by atoms with van der Waals surface area (Å²) in [5.41, 5.74) is 6.84. The van der Waals surface area contributed by atoms with Crippen LogP contribution >= 0.6 is 0 Å². The molecular formula is C13H21N3O2. The molecule has 0 atom stereocenters. The molecule has 2 saturated heterocycles. The van der Waals surface area contributed by atoms with Gasteiger partial charge in [-0.2, -0.15) is 0 Å². The van der Waals surface area contributed by atoms with Gasteiger partial charge in [-0.05, 0) is 25.9 Å². The molecule has 2 aliphatic rings. The van der Waals surface area contributed by atoms with Gasteiger partial charge in [0.1, 0.15) is 0 Å². The second-order valence-corrected chi connectivity index (χ2v) is 5.65. The molecule has 2 aliphatic heterocycles. The Bertz CT molecular complexity index is 395. The van der Waals surface area contributed by atoms with Crippen LogP contribution in [0, 0.1) is 0 Å². The van der Waals surface area contributed by atoms with Crippen molar-refractivity contribution in [3.8, 4) is 0 Å². The Labute approximate surface area is 107 Å². The van der Waals surface area contributed by atoms with Gasteiger partial charge < -0.3 is 15.0 Å². The smallest absolute Gasteiger partial charge is 0.150 e. The highest BCUT2D eigenvalue weighted by atomic mass is 16.5. The van der Waals surface area contributed by atoms with E-state index in [1.54, 1.807) is 0 Å². The molecule has 0 radical (unpaired) electrons. The van der Waals surface area contributed by atoms with Crippen molar-refractivity contribution in [2.24, 2.45) is 5.73 Å². The fourth-order valence-corrected chi connectivity index (χ4v) is 2.68. The summed E-state index contributed by atoms with van der Waals surface area (Å²) >= 11 is 0. The number of piperidine rings is 1. The zero-order valence-corrected chi connectivity index (χ0v) is 10.7. The quantitative estimate of drug-likeness (QED) is 0.862. The predicted octanol–water partition coefficient (Wildman–Crippen LogP) is 0.931. The van der Waals surface area contributed by atoms with E-state index in [0.717, 1.165) is 24.4 Å². The average molecular weight is 251 g/mol. The summed E-state index contributed by atoms with van der Waals surface area (Å²) in [4.78, 5) is 2.43. The minimum atomic E-state index is -0.223. The number of hydrogen-bond acceptors (Lipinski definition) is 5. The van der Waals surface area contributed by atoms with Crippen molar-refractivity contribution in [3.63, 3.8) is 0 Å². The fraction of sp³-hybridized carbons (Fsp3) is 0.769. The standard InChI is InChI=1S/C13H21N3O2/c14-13(9-17-10-13)7-11-6-12(18-15-11)8-16-4-2-1-3-5-16/h6H,1-5,7-10,14H2. The van der Waals surface area contributed by atoms with Gasteiger partial charge in [-0.3, -0.25) is 4.90 Å². The van der Waals surface area contributed by atoms with Crippen LogP contribution < -0.4 is 5.73 Å².